The van der Waals surface area contributed by atoms with E-state index in [1.54, 1.807) is 30.3 Å². The van der Waals surface area contributed by atoms with E-state index in [9.17, 15) is 4.79 Å². The van der Waals surface area contributed by atoms with Crippen molar-refractivity contribution in [3.8, 4) is 5.75 Å². The van der Waals surface area contributed by atoms with Gasteiger partial charge in [-0.25, -0.2) is 4.98 Å². The zero-order valence-corrected chi connectivity index (χ0v) is 11.4. The highest BCUT2D eigenvalue weighted by Crippen LogP contribution is 2.27. The first-order valence-corrected chi connectivity index (χ1v) is 6.09. The van der Waals surface area contributed by atoms with Gasteiger partial charge in [0.15, 0.2) is 0 Å². The van der Waals surface area contributed by atoms with Crippen molar-refractivity contribution in [2.75, 3.05) is 17.9 Å². The SMILES string of the molecule is COc1cc(NC(=O)c2ccc(NN)cn2)ccc1Cl. The van der Waals surface area contributed by atoms with Gasteiger partial charge in [-0.3, -0.25) is 10.6 Å². The second-order valence-electron chi connectivity index (χ2n) is 3.88. The first kappa shape index (κ1) is 14.1. The van der Waals surface area contributed by atoms with Crippen LogP contribution in [0.3, 0.4) is 0 Å². The standard InChI is InChI=1S/C13H13ClN4O2/c1-20-12-6-8(2-4-10(12)14)17-13(19)11-5-3-9(18-15)7-16-11/h2-7,18H,15H2,1H3,(H,17,19). The highest BCUT2D eigenvalue weighted by molar-refractivity contribution is 6.32. The predicted molar refractivity (Wildman–Crippen MR) is 78.0 cm³/mol. The molecule has 0 atom stereocenters. The largest absolute Gasteiger partial charge is 0.495 e. The Bertz CT molecular complexity index is 616. The number of amides is 1. The Morgan fingerprint density at radius 1 is 1.30 bits per heavy atom. The molecule has 0 saturated heterocycles. The van der Waals surface area contributed by atoms with Crippen molar-refractivity contribution in [1.29, 1.82) is 0 Å². The lowest BCUT2D eigenvalue weighted by atomic mass is 10.2. The van der Waals surface area contributed by atoms with Crippen LogP contribution >= 0.6 is 11.6 Å². The molecule has 0 saturated carbocycles. The van der Waals surface area contributed by atoms with Gasteiger partial charge in [-0.1, -0.05) is 11.6 Å². The van der Waals surface area contributed by atoms with Crippen molar-refractivity contribution in [2.45, 2.75) is 0 Å². The normalized spacial score (nSPS) is 9.95. The first-order chi connectivity index (χ1) is 9.63. The van der Waals surface area contributed by atoms with Gasteiger partial charge < -0.3 is 15.5 Å². The summed E-state index contributed by atoms with van der Waals surface area (Å²) in [6.07, 6.45) is 1.47. The number of hydrazine groups is 1. The number of rotatable bonds is 4. The van der Waals surface area contributed by atoms with E-state index in [-0.39, 0.29) is 11.6 Å². The molecule has 0 aliphatic rings. The maximum Gasteiger partial charge on any atom is 0.274 e. The molecule has 20 heavy (non-hydrogen) atoms. The number of hydrogen-bond donors (Lipinski definition) is 3. The maximum absolute atomic E-state index is 12.0. The van der Waals surface area contributed by atoms with Crippen LogP contribution in [0.15, 0.2) is 36.5 Å². The number of nitrogens with one attached hydrogen (secondary N) is 2. The number of methoxy groups -OCH3 is 1. The van der Waals surface area contributed by atoms with Gasteiger partial charge in [-0.2, -0.15) is 0 Å². The molecular weight excluding hydrogens is 280 g/mol. The number of nitrogen functional groups attached to an aromatic ring is 1. The minimum absolute atomic E-state index is 0.276. The third-order valence-corrected chi connectivity index (χ3v) is 2.88. The van der Waals surface area contributed by atoms with E-state index in [1.807, 2.05) is 0 Å². The summed E-state index contributed by atoms with van der Waals surface area (Å²) in [7, 11) is 1.51. The lowest BCUT2D eigenvalue weighted by Crippen LogP contribution is -2.14. The molecule has 0 radical (unpaired) electrons. The van der Waals surface area contributed by atoms with Crippen LogP contribution in [0.25, 0.3) is 0 Å². The van der Waals surface area contributed by atoms with Crippen LogP contribution in [0, 0.1) is 0 Å². The zero-order chi connectivity index (χ0) is 14.5. The van der Waals surface area contributed by atoms with Crippen LogP contribution in [-0.4, -0.2) is 18.0 Å². The lowest BCUT2D eigenvalue weighted by Gasteiger charge is -2.08. The van der Waals surface area contributed by atoms with E-state index >= 15 is 0 Å². The number of aromatic nitrogens is 1. The van der Waals surface area contributed by atoms with Crippen molar-refractivity contribution in [3.05, 3.63) is 47.2 Å². The van der Waals surface area contributed by atoms with E-state index in [0.717, 1.165) is 0 Å². The topological polar surface area (TPSA) is 89.3 Å². The number of benzene rings is 1. The summed E-state index contributed by atoms with van der Waals surface area (Å²) in [6, 6.07) is 8.18. The minimum Gasteiger partial charge on any atom is -0.495 e. The summed E-state index contributed by atoms with van der Waals surface area (Å²) in [5.41, 5.74) is 3.90. The summed E-state index contributed by atoms with van der Waals surface area (Å²) in [5.74, 6) is 5.38. The van der Waals surface area contributed by atoms with Crippen LogP contribution in [0.1, 0.15) is 10.5 Å². The molecule has 1 amide bonds. The van der Waals surface area contributed by atoms with Gasteiger partial charge in [-0.15, -0.1) is 0 Å². The van der Waals surface area contributed by atoms with E-state index in [2.05, 4.69) is 15.7 Å². The Morgan fingerprint density at radius 3 is 2.65 bits per heavy atom. The first-order valence-electron chi connectivity index (χ1n) is 5.71. The second kappa shape index (κ2) is 6.23. The van der Waals surface area contributed by atoms with Gasteiger partial charge in [0.25, 0.3) is 5.91 Å². The number of ether oxygens (including phenoxy) is 1. The molecule has 0 aliphatic carbocycles. The Kier molecular flexibility index (Phi) is 4.39. The average molecular weight is 293 g/mol. The number of pyridine rings is 1. The average Bonchev–Trinajstić information content (AvgIpc) is 2.49. The number of carbonyl (C=O) groups is 1. The van der Waals surface area contributed by atoms with Crippen LogP contribution < -0.4 is 21.3 Å². The van der Waals surface area contributed by atoms with Gasteiger partial charge in [-0.05, 0) is 24.3 Å². The molecule has 1 aromatic carbocycles. The van der Waals surface area contributed by atoms with Crippen molar-refractivity contribution in [1.82, 2.24) is 4.98 Å². The fourth-order valence-electron chi connectivity index (χ4n) is 1.55. The maximum atomic E-state index is 12.0. The van der Waals surface area contributed by atoms with Crippen LogP contribution in [0.2, 0.25) is 5.02 Å². The Hall–Kier alpha value is -2.31. The Balaban J connectivity index is 2.14. The summed E-state index contributed by atoms with van der Waals surface area (Å²) in [6.45, 7) is 0. The highest BCUT2D eigenvalue weighted by Gasteiger charge is 2.09. The third-order valence-electron chi connectivity index (χ3n) is 2.57. The molecule has 6 nitrogen and oxygen atoms in total. The van der Waals surface area contributed by atoms with Gasteiger partial charge in [0.2, 0.25) is 0 Å². The van der Waals surface area contributed by atoms with Gasteiger partial charge in [0.05, 0.1) is 24.0 Å². The van der Waals surface area contributed by atoms with Crippen molar-refractivity contribution in [3.63, 3.8) is 0 Å². The number of anilines is 2. The molecule has 2 aromatic rings. The van der Waals surface area contributed by atoms with Gasteiger partial charge in [0.1, 0.15) is 11.4 Å². The molecule has 1 aromatic heterocycles. The molecule has 0 fully saturated rings. The lowest BCUT2D eigenvalue weighted by molar-refractivity contribution is 0.102. The third kappa shape index (κ3) is 3.17. The predicted octanol–water partition coefficient (Wildman–Crippen LogP) is 2.28. The molecule has 104 valence electrons. The Morgan fingerprint density at radius 2 is 2.05 bits per heavy atom. The molecule has 0 unspecified atom stereocenters. The van der Waals surface area contributed by atoms with Crippen molar-refractivity contribution >= 4 is 28.9 Å². The van der Waals surface area contributed by atoms with E-state index < -0.39 is 0 Å². The zero-order valence-electron chi connectivity index (χ0n) is 10.7. The van der Waals surface area contributed by atoms with E-state index in [4.69, 9.17) is 22.2 Å². The van der Waals surface area contributed by atoms with E-state index in [1.165, 1.54) is 13.3 Å². The molecule has 0 spiro atoms. The van der Waals surface area contributed by atoms with Crippen molar-refractivity contribution in [2.24, 2.45) is 5.84 Å². The number of nitrogens with zero attached hydrogens (tertiary/aromatic N) is 1. The number of hydrogen-bond acceptors (Lipinski definition) is 5. The molecule has 0 bridgehead atoms. The molecule has 7 heteroatoms. The summed E-state index contributed by atoms with van der Waals surface area (Å²) in [4.78, 5) is 16.0. The molecule has 1 heterocycles. The van der Waals surface area contributed by atoms with Crippen LogP contribution in [0.4, 0.5) is 11.4 Å². The number of carbonyl (C=O) groups excluding carboxylic acids is 1. The number of nitrogens with two attached hydrogens (primary N) is 1. The summed E-state index contributed by atoms with van der Waals surface area (Å²) >= 11 is 5.91. The monoisotopic (exact) mass is 292 g/mol. The molecule has 0 aliphatic heterocycles. The fourth-order valence-corrected chi connectivity index (χ4v) is 1.74. The molecule has 4 N–H and O–H groups in total. The van der Waals surface area contributed by atoms with Crippen LogP contribution in [-0.2, 0) is 0 Å². The molecule has 2 rings (SSSR count). The van der Waals surface area contributed by atoms with E-state index in [0.29, 0.717) is 22.1 Å². The minimum atomic E-state index is -0.335. The quantitative estimate of drug-likeness (QED) is 0.594. The number of halogens is 1. The Labute approximate surface area is 120 Å². The summed E-state index contributed by atoms with van der Waals surface area (Å²) in [5, 5.41) is 3.18. The van der Waals surface area contributed by atoms with Crippen molar-refractivity contribution < 1.29 is 9.53 Å². The second-order valence-corrected chi connectivity index (χ2v) is 4.29. The smallest absolute Gasteiger partial charge is 0.274 e. The fraction of sp³-hybridized carbons (Fsp3) is 0.0769. The van der Waals surface area contributed by atoms with Gasteiger partial charge >= 0.3 is 0 Å². The molecular formula is C13H13ClN4O2. The highest BCUT2D eigenvalue weighted by atomic mass is 35.5. The summed E-state index contributed by atoms with van der Waals surface area (Å²) < 4.78 is 5.08. The van der Waals surface area contributed by atoms with Gasteiger partial charge in [0, 0.05) is 11.8 Å². The van der Waals surface area contributed by atoms with Crippen LogP contribution in [0.5, 0.6) is 5.75 Å².